The molecule has 0 aromatic rings. The molecule has 3 rings (SSSR count). The second-order valence-electron chi connectivity index (χ2n) is 6.50. The van der Waals surface area contributed by atoms with Gasteiger partial charge in [0.15, 0.2) is 0 Å². The summed E-state index contributed by atoms with van der Waals surface area (Å²) in [4.78, 5) is 0. The highest BCUT2D eigenvalue weighted by Crippen LogP contribution is 2.52. The predicted octanol–water partition coefficient (Wildman–Crippen LogP) is 2.89. The van der Waals surface area contributed by atoms with Crippen LogP contribution in [0.1, 0.15) is 46.0 Å². The summed E-state index contributed by atoms with van der Waals surface area (Å²) in [7, 11) is 0. The van der Waals surface area contributed by atoms with Crippen LogP contribution in [-0.4, -0.2) is 25.3 Å². The third kappa shape index (κ3) is 1.96. The molecule has 3 atom stereocenters. The van der Waals surface area contributed by atoms with Crippen molar-refractivity contribution in [3.05, 3.63) is 11.6 Å². The van der Waals surface area contributed by atoms with E-state index in [4.69, 9.17) is 4.74 Å². The molecule has 96 valence electrons. The van der Waals surface area contributed by atoms with Crippen LogP contribution in [0.15, 0.2) is 11.6 Å². The minimum atomic E-state index is 0.339. The van der Waals surface area contributed by atoms with Gasteiger partial charge in [-0.3, -0.25) is 0 Å². The SMILES string of the molecule is CC1(C)C(NCCC2=CCCC2)C2CCOC21. The highest BCUT2D eigenvalue weighted by molar-refractivity contribution is 5.12. The first-order valence-corrected chi connectivity index (χ1v) is 7.22. The maximum absolute atomic E-state index is 5.83. The molecule has 2 aliphatic carbocycles. The van der Waals surface area contributed by atoms with E-state index in [1.807, 2.05) is 0 Å². The summed E-state index contributed by atoms with van der Waals surface area (Å²) in [5, 5.41) is 3.79. The molecule has 2 nitrogen and oxygen atoms in total. The van der Waals surface area contributed by atoms with Gasteiger partial charge in [0.2, 0.25) is 0 Å². The highest BCUT2D eigenvalue weighted by Gasteiger charge is 2.58. The van der Waals surface area contributed by atoms with Crippen molar-refractivity contribution in [2.24, 2.45) is 11.3 Å². The summed E-state index contributed by atoms with van der Waals surface area (Å²) < 4.78 is 5.83. The van der Waals surface area contributed by atoms with E-state index >= 15 is 0 Å². The van der Waals surface area contributed by atoms with Crippen molar-refractivity contribution < 1.29 is 4.74 Å². The van der Waals surface area contributed by atoms with E-state index < -0.39 is 0 Å². The molecule has 1 N–H and O–H groups in total. The van der Waals surface area contributed by atoms with Crippen molar-refractivity contribution >= 4 is 0 Å². The molecule has 1 saturated carbocycles. The van der Waals surface area contributed by atoms with E-state index in [0.29, 0.717) is 17.6 Å². The zero-order chi connectivity index (χ0) is 11.9. The van der Waals surface area contributed by atoms with E-state index in [0.717, 1.165) is 19.1 Å². The van der Waals surface area contributed by atoms with Gasteiger partial charge in [-0.15, -0.1) is 0 Å². The van der Waals surface area contributed by atoms with Crippen molar-refractivity contribution in [1.29, 1.82) is 0 Å². The van der Waals surface area contributed by atoms with Gasteiger partial charge in [-0.2, -0.15) is 0 Å². The summed E-state index contributed by atoms with van der Waals surface area (Å²) in [6, 6.07) is 0.678. The zero-order valence-electron chi connectivity index (χ0n) is 11.2. The average Bonchev–Trinajstić information content (AvgIpc) is 2.94. The van der Waals surface area contributed by atoms with Crippen LogP contribution in [0.3, 0.4) is 0 Å². The van der Waals surface area contributed by atoms with Gasteiger partial charge < -0.3 is 10.1 Å². The van der Waals surface area contributed by atoms with E-state index in [2.05, 4.69) is 25.2 Å². The fourth-order valence-electron chi connectivity index (χ4n) is 4.09. The standard InChI is InChI=1S/C15H25NO/c1-15(2)13(12-8-10-17-14(12)15)16-9-7-11-5-3-4-6-11/h5,12-14,16H,3-4,6-10H2,1-2H3. The Morgan fingerprint density at radius 2 is 2.35 bits per heavy atom. The Bertz CT molecular complexity index is 321. The maximum Gasteiger partial charge on any atom is 0.0685 e. The van der Waals surface area contributed by atoms with Crippen molar-refractivity contribution in [1.82, 2.24) is 5.32 Å². The Labute approximate surface area is 105 Å². The number of allylic oxidation sites excluding steroid dienone is 1. The largest absolute Gasteiger partial charge is 0.377 e. The van der Waals surface area contributed by atoms with Gasteiger partial charge in [0.25, 0.3) is 0 Å². The van der Waals surface area contributed by atoms with Gasteiger partial charge in [-0.1, -0.05) is 25.5 Å². The van der Waals surface area contributed by atoms with Crippen molar-refractivity contribution in [2.45, 2.75) is 58.1 Å². The minimum absolute atomic E-state index is 0.339. The molecule has 1 aliphatic heterocycles. The van der Waals surface area contributed by atoms with Crippen LogP contribution in [-0.2, 0) is 4.74 Å². The van der Waals surface area contributed by atoms with Crippen molar-refractivity contribution in [2.75, 3.05) is 13.2 Å². The van der Waals surface area contributed by atoms with Gasteiger partial charge in [-0.05, 0) is 38.6 Å². The number of rotatable bonds is 4. The summed E-state index contributed by atoms with van der Waals surface area (Å²) in [5.74, 6) is 0.780. The van der Waals surface area contributed by atoms with Gasteiger partial charge in [0.1, 0.15) is 0 Å². The second kappa shape index (κ2) is 4.40. The van der Waals surface area contributed by atoms with Crippen molar-refractivity contribution in [3.63, 3.8) is 0 Å². The van der Waals surface area contributed by atoms with Crippen LogP contribution >= 0.6 is 0 Å². The third-order valence-corrected chi connectivity index (χ3v) is 5.05. The van der Waals surface area contributed by atoms with Crippen LogP contribution < -0.4 is 5.32 Å². The Morgan fingerprint density at radius 3 is 3.12 bits per heavy atom. The van der Waals surface area contributed by atoms with Crippen LogP contribution in [0.2, 0.25) is 0 Å². The Morgan fingerprint density at radius 1 is 1.47 bits per heavy atom. The monoisotopic (exact) mass is 235 g/mol. The van der Waals surface area contributed by atoms with Crippen LogP contribution in [0.5, 0.6) is 0 Å². The third-order valence-electron chi connectivity index (χ3n) is 5.05. The molecule has 3 aliphatic rings. The second-order valence-corrected chi connectivity index (χ2v) is 6.50. The maximum atomic E-state index is 5.83. The molecule has 0 radical (unpaired) electrons. The summed E-state index contributed by atoms with van der Waals surface area (Å²) in [5.41, 5.74) is 2.01. The molecular formula is C15H25NO. The fraction of sp³-hybridized carbons (Fsp3) is 0.867. The summed E-state index contributed by atoms with van der Waals surface area (Å²) in [6.07, 6.45) is 9.50. The molecule has 2 fully saturated rings. The van der Waals surface area contributed by atoms with Crippen LogP contribution in [0.25, 0.3) is 0 Å². The molecular weight excluding hydrogens is 210 g/mol. The molecule has 3 unspecified atom stereocenters. The van der Waals surface area contributed by atoms with E-state index in [-0.39, 0.29) is 0 Å². The first kappa shape index (κ1) is 11.7. The molecule has 17 heavy (non-hydrogen) atoms. The average molecular weight is 235 g/mol. The Balaban J connectivity index is 1.48. The molecule has 2 heteroatoms. The zero-order valence-corrected chi connectivity index (χ0v) is 11.2. The topological polar surface area (TPSA) is 21.3 Å². The predicted molar refractivity (Wildman–Crippen MR) is 70.0 cm³/mol. The lowest BCUT2D eigenvalue weighted by Gasteiger charge is -2.55. The van der Waals surface area contributed by atoms with Gasteiger partial charge in [0, 0.05) is 24.0 Å². The Hall–Kier alpha value is -0.340. The fourth-order valence-corrected chi connectivity index (χ4v) is 4.09. The normalized spacial score (nSPS) is 38.7. The number of fused-ring (bicyclic) bond motifs is 1. The molecule has 0 aromatic heterocycles. The lowest BCUT2D eigenvalue weighted by atomic mass is 9.57. The lowest BCUT2D eigenvalue weighted by Crippen LogP contribution is -2.65. The van der Waals surface area contributed by atoms with E-state index in [9.17, 15) is 0 Å². The highest BCUT2D eigenvalue weighted by atomic mass is 16.5. The number of nitrogens with one attached hydrogen (secondary N) is 1. The molecule has 0 aromatic carbocycles. The number of hydrogen-bond donors (Lipinski definition) is 1. The molecule has 1 saturated heterocycles. The molecule has 0 amide bonds. The number of hydrogen-bond acceptors (Lipinski definition) is 2. The smallest absolute Gasteiger partial charge is 0.0685 e. The number of ether oxygens (including phenoxy) is 1. The van der Waals surface area contributed by atoms with Gasteiger partial charge in [-0.25, -0.2) is 0 Å². The lowest BCUT2D eigenvalue weighted by molar-refractivity contribution is -0.112. The van der Waals surface area contributed by atoms with Crippen LogP contribution in [0.4, 0.5) is 0 Å². The quantitative estimate of drug-likeness (QED) is 0.757. The minimum Gasteiger partial charge on any atom is -0.377 e. The molecule has 0 bridgehead atoms. The van der Waals surface area contributed by atoms with E-state index in [1.165, 1.54) is 32.1 Å². The molecule has 1 heterocycles. The first-order valence-electron chi connectivity index (χ1n) is 7.22. The first-order chi connectivity index (χ1) is 8.19. The summed E-state index contributed by atoms with van der Waals surface area (Å²) >= 11 is 0. The van der Waals surface area contributed by atoms with Crippen molar-refractivity contribution in [3.8, 4) is 0 Å². The molecule has 0 spiro atoms. The van der Waals surface area contributed by atoms with Gasteiger partial charge in [0.05, 0.1) is 6.10 Å². The van der Waals surface area contributed by atoms with E-state index in [1.54, 1.807) is 5.57 Å². The van der Waals surface area contributed by atoms with Crippen LogP contribution in [0, 0.1) is 11.3 Å². The Kier molecular flexibility index (Phi) is 3.04. The van der Waals surface area contributed by atoms with Gasteiger partial charge >= 0.3 is 0 Å². The summed E-state index contributed by atoms with van der Waals surface area (Å²) in [6.45, 7) is 6.84.